The first-order valence-electron chi connectivity index (χ1n) is 5.98. The van der Waals surface area contributed by atoms with Gasteiger partial charge in [0.2, 0.25) is 11.8 Å². The fraction of sp³-hybridized carbons (Fsp3) is 0.250. The van der Waals surface area contributed by atoms with Gasteiger partial charge in [-0.25, -0.2) is 4.79 Å². The third kappa shape index (κ3) is 1.81. The van der Waals surface area contributed by atoms with E-state index in [9.17, 15) is 14.4 Å². The Hall–Kier alpha value is -2.77. The van der Waals surface area contributed by atoms with Crippen LogP contribution in [0, 0.1) is 0 Å². The van der Waals surface area contributed by atoms with E-state index in [2.05, 4.69) is 10.3 Å². The van der Waals surface area contributed by atoms with Crippen LogP contribution in [0.25, 0.3) is 11.1 Å². The minimum absolute atomic E-state index is 0.0185. The van der Waals surface area contributed by atoms with Crippen molar-refractivity contribution in [1.82, 2.24) is 10.3 Å². The summed E-state index contributed by atoms with van der Waals surface area (Å²) in [7, 11) is 0. The van der Waals surface area contributed by atoms with Gasteiger partial charge in [-0.3, -0.25) is 19.9 Å². The largest absolute Gasteiger partial charge is 0.417 e. The number of nitrogen functional groups attached to an aromatic ring is 1. The number of aromatic nitrogens is 1. The molecule has 1 atom stereocenters. The van der Waals surface area contributed by atoms with Crippen LogP contribution in [0.5, 0.6) is 0 Å². The van der Waals surface area contributed by atoms with E-state index in [1.807, 2.05) is 0 Å². The monoisotopic (exact) mass is 276 g/mol. The van der Waals surface area contributed by atoms with Crippen molar-refractivity contribution in [1.29, 1.82) is 0 Å². The van der Waals surface area contributed by atoms with Crippen molar-refractivity contribution in [3.8, 4) is 0 Å². The number of nitrogens with two attached hydrogens (primary N) is 1. The Morgan fingerprint density at radius 1 is 1.35 bits per heavy atom. The van der Waals surface area contributed by atoms with Crippen molar-refractivity contribution in [2.24, 2.45) is 0 Å². The number of nitrogens with zero attached hydrogens (tertiary/aromatic N) is 1. The molecule has 4 N–H and O–H groups in total. The molecule has 1 saturated heterocycles. The number of oxazole rings is 1. The number of amides is 2. The average molecular weight is 276 g/mol. The van der Waals surface area contributed by atoms with Gasteiger partial charge >= 0.3 is 5.76 Å². The molecular weight excluding hydrogens is 264 g/mol. The van der Waals surface area contributed by atoms with Gasteiger partial charge in [0.25, 0.3) is 0 Å². The number of carbonyl (C=O) groups is 2. The number of aromatic amines is 1. The molecule has 0 aliphatic carbocycles. The van der Waals surface area contributed by atoms with E-state index in [0.29, 0.717) is 22.5 Å². The Morgan fingerprint density at radius 3 is 2.85 bits per heavy atom. The number of piperazine rings is 1. The van der Waals surface area contributed by atoms with Crippen LogP contribution in [-0.2, 0) is 9.59 Å². The Balaban J connectivity index is 2.12. The SMILES string of the molecule is CC1C(=O)NC(=O)CN1c1cc2[nH]c(=O)oc2cc1N. The van der Waals surface area contributed by atoms with E-state index < -0.39 is 17.7 Å². The Morgan fingerprint density at radius 2 is 2.10 bits per heavy atom. The number of benzene rings is 1. The van der Waals surface area contributed by atoms with E-state index in [-0.39, 0.29) is 12.5 Å². The predicted molar refractivity (Wildman–Crippen MR) is 71.2 cm³/mol. The van der Waals surface area contributed by atoms with Gasteiger partial charge < -0.3 is 15.1 Å². The first kappa shape index (κ1) is 12.3. The maximum absolute atomic E-state index is 11.7. The van der Waals surface area contributed by atoms with Crippen LogP contribution in [0.1, 0.15) is 6.92 Å². The maximum Gasteiger partial charge on any atom is 0.417 e. The number of carbonyl (C=O) groups excluding carboxylic acids is 2. The van der Waals surface area contributed by atoms with Crippen molar-refractivity contribution in [3.63, 3.8) is 0 Å². The highest BCUT2D eigenvalue weighted by Crippen LogP contribution is 2.30. The Labute approximate surface area is 112 Å². The second-order valence-corrected chi connectivity index (χ2v) is 4.64. The molecule has 0 saturated carbocycles. The van der Waals surface area contributed by atoms with Crippen LogP contribution in [0.4, 0.5) is 11.4 Å². The van der Waals surface area contributed by atoms with Crippen molar-refractivity contribution in [2.75, 3.05) is 17.2 Å². The fourth-order valence-electron chi connectivity index (χ4n) is 2.26. The molecule has 8 nitrogen and oxygen atoms in total. The van der Waals surface area contributed by atoms with Crippen LogP contribution in [0.3, 0.4) is 0 Å². The lowest BCUT2D eigenvalue weighted by atomic mass is 10.1. The summed E-state index contributed by atoms with van der Waals surface area (Å²) in [5, 5.41) is 2.25. The van der Waals surface area contributed by atoms with Gasteiger partial charge in [-0.2, -0.15) is 0 Å². The summed E-state index contributed by atoms with van der Waals surface area (Å²) in [5.41, 5.74) is 7.55. The number of H-pyrrole nitrogens is 1. The van der Waals surface area contributed by atoms with E-state index in [0.717, 1.165) is 0 Å². The predicted octanol–water partition coefficient (Wildman–Crippen LogP) is -0.445. The van der Waals surface area contributed by atoms with Crippen LogP contribution < -0.4 is 21.7 Å². The molecule has 1 aromatic carbocycles. The molecule has 8 heteroatoms. The van der Waals surface area contributed by atoms with E-state index >= 15 is 0 Å². The van der Waals surface area contributed by atoms with Gasteiger partial charge in [0.1, 0.15) is 6.04 Å². The Kier molecular flexibility index (Phi) is 2.53. The molecule has 2 heterocycles. The number of hydrogen-bond acceptors (Lipinski definition) is 6. The van der Waals surface area contributed by atoms with Gasteiger partial charge in [-0.15, -0.1) is 0 Å². The van der Waals surface area contributed by atoms with Crippen LogP contribution in [0.15, 0.2) is 21.3 Å². The first-order chi connectivity index (χ1) is 9.45. The quantitative estimate of drug-likeness (QED) is 0.479. The molecule has 3 rings (SSSR count). The molecule has 20 heavy (non-hydrogen) atoms. The van der Waals surface area contributed by atoms with Gasteiger partial charge in [0.15, 0.2) is 5.58 Å². The normalized spacial score (nSPS) is 19.4. The molecule has 2 aromatic rings. The molecule has 1 aliphatic heterocycles. The molecule has 1 aliphatic rings. The van der Waals surface area contributed by atoms with Crippen LogP contribution >= 0.6 is 0 Å². The van der Waals surface area contributed by atoms with Crippen molar-refractivity contribution in [3.05, 3.63) is 22.7 Å². The number of imide groups is 1. The summed E-state index contributed by atoms with van der Waals surface area (Å²) >= 11 is 0. The van der Waals surface area contributed by atoms with E-state index in [1.165, 1.54) is 6.07 Å². The zero-order chi connectivity index (χ0) is 14.4. The third-order valence-corrected chi connectivity index (χ3v) is 3.30. The molecule has 0 bridgehead atoms. The van der Waals surface area contributed by atoms with Gasteiger partial charge in [0, 0.05) is 6.07 Å². The number of nitrogens with one attached hydrogen (secondary N) is 2. The first-order valence-corrected chi connectivity index (χ1v) is 5.98. The lowest BCUT2D eigenvalue weighted by Crippen LogP contribution is -2.57. The number of hydrogen-bond donors (Lipinski definition) is 3. The van der Waals surface area contributed by atoms with Crippen LogP contribution in [0.2, 0.25) is 0 Å². The summed E-state index contributed by atoms with van der Waals surface area (Å²) < 4.78 is 4.90. The minimum atomic E-state index is -0.586. The smallest absolute Gasteiger partial charge is 0.408 e. The number of fused-ring (bicyclic) bond motifs is 1. The zero-order valence-electron chi connectivity index (χ0n) is 10.6. The molecule has 1 unspecified atom stereocenters. The molecule has 1 fully saturated rings. The third-order valence-electron chi connectivity index (χ3n) is 3.30. The number of rotatable bonds is 1. The lowest BCUT2D eigenvalue weighted by molar-refractivity contribution is -0.132. The second-order valence-electron chi connectivity index (χ2n) is 4.64. The standard InChI is InChI=1S/C12H12N4O4/c1-5-11(18)15-10(17)4-16(5)8-3-7-9(2-6(8)13)20-12(19)14-7/h2-3,5H,4,13H2,1H3,(H,14,19)(H,15,17,18). The summed E-state index contributed by atoms with van der Waals surface area (Å²) in [4.78, 5) is 38.4. The second kappa shape index (κ2) is 4.12. The summed E-state index contributed by atoms with van der Waals surface area (Å²) in [5.74, 6) is -1.37. The minimum Gasteiger partial charge on any atom is -0.408 e. The lowest BCUT2D eigenvalue weighted by Gasteiger charge is -2.34. The summed E-state index contributed by atoms with van der Waals surface area (Å²) in [6.45, 7) is 1.69. The average Bonchev–Trinajstić information content (AvgIpc) is 2.72. The molecule has 104 valence electrons. The Bertz CT molecular complexity index is 775. The van der Waals surface area contributed by atoms with Gasteiger partial charge in [0.05, 0.1) is 23.4 Å². The molecule has 2 amide bonds. The van der Waals surface area contributed by atoms with Crippen molar-refractivity contribution >= 4 is 34.3 Å². The molecular formula is C12H12N4O4. The van der Waals surface area contributed by atoms with Crippen molar-refractivity contribution < 1.29 is 14.0 Å². The highest BCUT2D eigenvalue weighted by atomic mass is 16.4. The van der Waals surface area contributed by atoms with Gasteiger partial charge in [-0.05, 0) is 13.0 Å². The highest BCUT2D eigenvalue weighted by molar-refractivity contribution is 6.05. The van der Waals surface area contributed by atoms with Crippen molar-refractivity contribution in [2.45, 2.75) is 13.0 Å². The molecule has 0 spiro atoms. The van der Waals surface area contributed by atoms with Gasteiger partial charge in [-0.1, -0.05) is 0 Å². The zero-order valence-corrected chi connectivity index (χ0v) is 10.6. The maximum atomic E-state index is 11.7. The molecule has 0 radical (unpaired) electrons. The van der Waals surface area contributed by atoms with E-state index in [4.69, 9.17) is 10.2 Å². The topological polar surface area (TPSA) is 121 Å². The number of anilines is 2. The van der Waals surface area contributed by atoms with Crippen LogP contribution in [-0.4, -0.2) is 29.4 Å². The highest BCUT2D eigenvalue weighted by Gasteiger charge is 2.31. The fourth-order valence-corrected chi connectivity index (χ4v) is 2.26. The van der Waals surface area contributed by atoms with E-state index in [1.54, 1.807) is 17.9 Å². The molecule has 1 aromatic heterocycles. The summed E-state index contributed by atoms with van der Waals surface area (Å²) in [6.07, 6.45) is 0. The summed E-state index contributed by atoms with van der Waals surface area (Å²) in [6, 6.07) is 2.55.